The molecule has 2 aliphatic rings. The van der Waals surface area contributed by atoms with Crippen molar-refractivity contribution in [3.8, 4) is 0 Å². The minimum absolute atomic E-state index is 0.141. The van der Waals surface area contributed by atoms with Gasteiger partial charge in [-0.1, -0.05) is 17.7 Å². The summed E-state index contributed by atoms with van der Waals surface area (Å²) in [6.45, 7) is 8.13. The van der Waals surface area contributed by atoms with Crippen molar-refractivity contribution in [1.82, 2.24) is 9.88 Å². The number of aryl methyl sites for hydroxylation is 2. The molecule has 2 fully saturated rings. The summed E-state index contributed by atoms with van der Waals surface area (Å²) in [5, 5.41) is 0. The number of piperazine rings is 1. The first-order chi connectivity index (χ1) is 13.1. The highest BCUT2D eigenvalue weighted by Crippen LogP contribution is 2.32. The lowest BCUT2D eigenvalue weighted by atomic mass is 10.2. The molecule has 1 saturated carbocycles. The number of benzene rings is 1. The second kappa shape index (κ2) is 7.59. The van der Waals surface area contributed by atoms with Gasteiger partial charge >= 0.3 is 6.03 Å². The molecule has 1 aromatic carbocycles. The van der Waals surface area contributed by atoms with Crippen molar-refractivity contribution in [3.63, 3.8) is 0 Å². The van der Waals surface area contributed by atoms with E-state index in [2.05, 4.69) is 54.1 Å². The number of carbonyl (C=O) groups is 1. The number of pyridine rings is 1. The van der Waals surface area contributed by atoms with Gasteiger partial charge in [-0.25, -0.2) is 9.78 Å². The van der Waals surface area contributed by atoms with E-state index >= 15 is 0 Å². The third kappa shape index (κ3) is 4.24. The quantitative estimate of drug-likeness (QED) is 0.827. The Morgan fingerprint density at radius 2 is 1.74 bits per heavy atom. The Morgan fingerprint density at radius 1 is 1.04 bits per heavy atom. The Bertz CT molecular complexity index is 792. The lowest BCUT2D eigenvalue weighted by molar-refractivity contribution is 0.200. The van der Waals surface area contributed by atoms with Crippen molar-refractivity contribution in [1.29, 1.82) is 0 Å². The fraction of sp³-hybridized carbons (Fsp3) is 0.455. The Kier molecular flexibility index (Phi) is 5.01. The highest BCUT2D eigenvalue weighted by molar-refractivity contribution is 5.92. The zero-order valence-electron chi connectivity index (χ0n) is 16.3. The Morgan fingerprint density at radius 3 is 2.37 bits per heavy atom. The molecule has 1 aromatic heterocycles. The van der Waals surface area contributed by atoms with Crippen LogP contribution in [0.3, 0.4) is 0 Å². The highest BCUT2D eigenvalue weighted by Gasteiger charge is 2.31. The van der Waals surface area contributed by atoms with E-state index in [1.54, 1.807) is 0 Å². The van der Waals surface area contributed by atoms with Crippen LogP contribution in [-0.4, -0.2) is 48.6 Å². The summed E-state index contributed by atoms with van der Waals surface area (Å²) in [5.74, 6) is 1.67. The average Bonchev–Trinajstić information content (AvgIpc) is 3.51. The average molecular weight is 364 g/mol. The van der Waals surface area contributed by atoms with Gasteiger partial charge in [0.1, 0.15) is 5.82 Å². The minimum Gasteiger partial charge on any atom is -0.353 e. The molecule has 5 nitrogen and oxygen atoms in total. The molecule has 1 aliphatic heterocycles. The molecule has 0 atom stereocenters. The Hall–Kier alpha value is -2.56. The van der Waals surface area contributed by atoms with E-state index in [4.69, 9.17) is 0 Å². The van der Waals surface area contributed by atoms with Crippen LogP contribution in [0.25, 0.3) is 0 Å². The molecule has 5 heteroatoms. The normalized spacial score (nSPS) is 17.1. The molecule has 0 N–H and O–H groups in total. The van der Waals surface area contributed by atoms with E-state index in [-0.39, 0.29) is 6.03 Å². The summed E-state index contributed by atoms with van der Waals surface area (Å²) >= 11 is 0. The standard InChI is InChI=1S/C22H28N4O/c1-17-3-7-20(8-4-17)26(16-19-5-6-19)22(27)25-13-11-24(12-14-25)21-15-18(2)9-10-23-21/h3-4,7-10,15,19H,5-6,11-14,16H2,1-2H3. The van der Waals surface area contributed by atoms with Crippen molar-refractivity contribution in [2.75, 3.05) is 42.5 Å². The summed E-state index contributed by atoms with van der Waals surface area (Å²) < 4.78 is 0. The van der Waals surface area contributed by atoms with Gasteiger partial charge < -0.3 is 9.80 Å². The van der Waals surface area contributed by atoms with Crippen molar-refractivity contribution < 1.29 is 4.79 Å². The summed E-state index contributed by atoms with van der Waals surface area (Å²) in [7, 11) is 0. The number of rotatable bonds is 4. The van der Waals surface area contributed by atoms with Gasteiger partial charge in [-0.15, -0.1) is 0 Å². The maximum absolute atomic E-state index is 13.3. The predicted octanol–water partition coefficient (Wildman–Crippen LogP) is 3.86. The van der Waals surface area contributed by atoms with Gasteiger partial charge in [-0.3, -0.25) is 4.90 Å². The molecule has 142 valence electrons. The first-order valence-electron chi connectivity index (χ1n) is 9.91. The van der Waals surface area contributed by atoms with Crippen LogP contribution in [-0.2, 0) is 0 Å². The Labute approximate surface area is 161 Å². The van der Waals surface area contributed by atoms with Crippen molar-refractivity contribution >= 4 is 17.5 Å². The van der Waals surface area contributed by atoms with Gasteiger partial charge in [-0.2, -0.15) is 0 Å². The molecule has 2 amide bonds. The van der Waals surface area contributed by atoms with Crippen LogP contribution in [0.15, 0.2) is 42.6 Å². The maximum atomic E-state index is 13.3. The number of aromatic nitrogens is 1. The number of hydrogen-bond acceptors (Lipinski definition) is 3. The van der Waals surface area contributed by atoms with Gasteiger partial charge in [-0.05, 0) is 62.4 Å². The first-order valence-corrected chi connectivity index (χ1v) is 9.91. The van der Waals surface area contributed by atoms with Gasteiger partial charge in [0, 0.05) is 44.6 Å². The van der Waals surface area contributed by atoms with E-state index in [1.165, 1.54) is 24.0 Å². The van der Waals surface area contributed by atoms with E-state index in [1.807, 2.05) is 22.1 Å². The molecule has 4 rings (SSSR count). The number of amides is 2. The van der Waals surface area contributed by atoms with Crippen LogP contribution < -0.4 is 9.80 Å². The van der Waals surface area contributed by atoms with E-state index in [0.29, 0.717) is 5.92 Å². The van der Waals surface area contributed by atoms with E-state index in [0.717, 1.165) is 44.2 Å². The van der Waals surface area contributed by atoms with Crippen LogP contribution >= 0.6 is 0 Å². The van der Waals surface area contributed by atoms with Gasteiger partial charge in [0.05, 0.1) is 0 Å². The summed E-state index contributed by atoms with van der Waals surface area (Å²) in [6, 6.07) is 12.6. The number of anilines is 2. The molecular formula is C22H28N4O. The van der Waals surface area contributed by atoms with E-state index < -0.39 is 0 Å². The second-order valence-corrected chi connectivity index (χ2v) is 7.84. The highest BCUT2D eigenvalue weighted by atomic mass is 16.2. The third-order valence-corrected chi connectivity index (χ3v) is 5.49. The first kappa shape index (κ1) is 17.8. The molecule has 27 heavy (non-hydrogen) atoms. The topological polar surface area (TPSA) is 39.7 Å². The molecule has 0 bridgehead atoms. The molecule has 0 unspecified atom stereocenters. The second-order valence-electron chi connectivity index (χ2n) is 7.84. The lowest BCUT2D eigenvalue weighted by Gasteiger charge is -2.38. The minimum atomic E-state index is 0.141. The monoisotopic (exact) mass is 364 g/mol. The molecular weight excluding hydrogens is 336 g/mol. The van der Waals surface area contributed by atoms with Gasteiger partial charge in [0.25, 0.3) is 0 Å². The number of hydrogen-bond donors (Lipinski definition) is 0. The maximum Gasteiger partial charge on any atom is 0.324 e. The van der Waals surface area contributed by atoms with Gasteiger partial charge in [0.2, 0.25) is 0 Å². The van der Waals surface area contributed by atoms with Crippen molar-refractivity contribution in [3.05, 3.63) is 53.7 Å². The summed E-state index contributed by atoms with van der Waals surface area (Å²) in [4.78, 5) is 24.0. The number of urea groups is 1. The van der Waals surface area contributed by atoms with Crippen LogP contribution in [0.1, 0.15) is 24.0 Å². The van der Waals surface area contributed by atoms with Crippen LogP contribution in [0, 0.1) is 19.8 Å². The summed E-state index contributed by atoms with van der Waals surface area (Å²) in [6.07, 6.45) is 4.34. The largest absolute Gasteiger partial charge is 0.353 e. The van der Waals surface area contributed by atoms with Gasteiger partial charge in [0.15, 0.2) is 0 Å². The SMILES string of the molecule is Cc1ccc(N(CC2CC2)C(=O)N2CCN(c3cc(C)ccn3)CC2)cc1. The van der Waals surface area contributed by atoms with Crippen LogP contribution in [0.2, 0.25) is 0 Å². The predicted molar refractivity (Wildman–Crippen MR) is 109 cm³/mol. The number of nitrogens with zero attached hydrogens (tertiary/aromatic N) is 4. The molecule has 0 radical (unpaired) electrons. The molecule has 2 aromatic rings. The van der Waals surface area contributed by atoms with Crippen molar-refractivity contribution in [2.45, 2.75) is 26.7 Å². The molecule has 1 saturated heterocycles. The summed E-state index contributed by atoms with van der Waals surface area (Å²) in [5.41, 5.74) is 3.45. The third-order valence-electron chi connectivity index (χ3n) is 5.49. The Balaban J connectivity index is 1.43. The van der Waals surface area contributed by atoms with Crippen molar-refractivity contribution in [2.24, 2.45) is 5.92 Å². The zero-order chi connectivity index (χ0) is 18.8. The lowest BCUT2D eigenvalue weighted by Crippen LogP contribution is -2.53. The molecule has 1 aliphatic carbocycles. The smallest absolute Gasteiger partial charge is 0.324 e. The van der Waals surface area contributed by atoms with E-state index in [9.17, 15) is 4.79 Å². The molecule has 0 spiro atoms. The van der Waals surface area contributed by atoms with Crippen LogP contribution in [0.4, 0.5) is 16.3 Å². The molecule has 2 heterocycles. The zero-order valence-corrected chi connectivity index (χ0v) is 16.3. The fourth-order valence-electron chi connectivity index (χ4n) is 3.57. The fourth-order valence-corrected chi connectivity index (χ4v) is 3.57. The van der Waals surface area contributed by atoms with Crippen LogP contribution in [0.5, 0.6) is 0 Å². The number of carbonyl (C=O) groups excluding carboxylic acids is 1.